The summed E-state index contributed by atoms with van der Waals surface area (Å²) in [6.07, 6.45) is -2.08. The van der Waals surface area contributed by atoms with Gasteiger partial charge in [0.1, 0.15) is 11.8 Å². The molecular weight excluding hydrogens is 428 g/mol. The molecule has 12 heteroatoms. The van der Waals surface area contributed by atoms with Gasteiger partial charge >= 0.3 is 12.2 Å². The second-order valence-electron chi connectivity index (χ2n) is 7.37. The molecule has 0 spiro atoms. The van der Waals surface area contributed by atoms with E-state index in [1.54, 1.807) is 23.8 Å². The van der Waals surface area contributed by atoms with Crippen molar-refractivity contribution in [3.05, 3.63) is 23.8 Å². The lowest BCUT2D eigenvalue weighted by atomic mass is 10.2. The van der Waals surface area contributed by atoms with Crippen molar-refractivity contribution in [3.8, 4) is 0 Å². The Labute approximate surface area is 184 Å². The average molecular weight is 455 g/mol. The van der Waals surface area contributed by atoms with Gasteiger partial charge < -0.3 is 29.9 Å². The number of nitrogens with zero attached hydrogens (tertiary/aromatic N) is 3. The number of carbonyl (C=O) groups is 3. The van der Waals surface area contributed by atoms with E-state index in [4.69, 9.17) is 9.47 Å². The summed E-state index contributed by atoms with van der Waals surface area (Å²) in [4.78, 5) is 39.8. The summed E-state index contributed by atoms with van der Waals surface area (Å²) in [5, 5.41) is 5.25. The Bertz CT molecular complexity index is 840. The number of halogens is 2. The predicted octanol–water partition coefficient (Wildman–Crippen LogP) is 0.904. The molecule has 2 fully saturated rings. The van der Waals surface area contributed by atoms with Gasteiger partial charge in [0.05, 0.1) is 31.9 Å². The monoisotopic (exact) mass is 455 g/mol. The first-order chi connectivity index (χ1) is 15.3. The molecule has 1 unspecified atom stereocenters. The van der Waals surface area contributed by atoms with Crippen molar-refractivity contribution in [1.29, 1.82) is 0 Å². The predicted molar refractivity (Wildman–Crippen MR) is 112 cm³/mol. The van der Waals surface area contributed by atoms with E-state index < -0.39 is 29.9 Å². The van der Waals surface area contributed by atoms with Crippen molar-refractivity contribution >= 4 is 29.5 Å². The number of carbonyl (C=O) groups excluding carboxylic acids is 3. The van der Waals surface area contributed by atoms with Crippen LogP contribution in [0.4, 0.5) is 29.7 Å². The normalized spacial score (nSPS) is 18.6. The first-order valence-corrected chi connectivity index (χ1v) is 10.4. The summed E-state index contributed by atoms with van der Waals surface area (Å²) < 4.78 is 39.6. The molecule has 0 saturated carbocycles. The molecule has 176 valence electrons. The molecule has 1 aromatic rings. The average Bonchev–Trinajstić information content (AvgIpc) is 3.13. The van der Waals surface area contributed by atoms with Crippen molar-refractivity contribution in [2.75, 3.05) is 69.3 Å². The molecule has 3 amide bonds. The highest BCUT2D eigenvalue weighted by atomic mass is 19.1. The van der Waals surface area contributed by atoms with Crippen LogP contribution in [0.15, 0.2) is 12.1 Å². The lowest BCUT2D eigenvalue weighted by Crippen LogP contribution is -2.51. The maximum absolute atomic E-state index is 14.9. The number of piperazine rings is 1. The van der Waals surface area contributed by atoms with Crippen molar-refractivity contribution in [2.45, 2.75) is 13.0 Å². The van der Waals surface area contributed by atoms with Gasteiger partial charge in [0.25, 0.3) is 0 Å². The topological polar surface area (TPSA) is 103 Å². The number of cyclic esters (lactones) is 1. The molecule has 1 atom stereocenters. The van der Waals surface area contributed by atoms with Crippen molar-refractivity contribution in [2.24, 2.45) is 0 Å². The molecule has 2 aliphatic rings. The summed E-state index contributed by atoms with van der Waals surface area (Å²) in [5.41, 5.74) is -0.169. The highest BCUT2D eigenvalue weighted by molar-refractivity contribution is 5.90. The number of likely N-dealkylation sites (N-methyl/N-ethyl adjacent to an activating group) is 1. The Balaban J connectivity index is 1.64. The van der Waals surface area contributed by atoms with Crippen LogP contribution in [0.3, 0.4) is 0 Å². The van der Waals surface area contributed by atoms with Crippen LogP contribution in [0.1, 0.15) is 6.92 Å². The molecule has 0 aromatic heterocycles. The number of rotatable bonds is 7. The maximum atomic E-state index is 14.9. The van der Waals surface area contributed by atoms with E-state index in [1.807, 2.05) is 0 Å². The van der Waals surface area contributed by atoms with Gasteiger partial charge in [-0.3, -0.25) is 9.69 Å². The zero-order valence-electron chi connectivity index (χ0n) is 18.0. The van der Waals surface area contributed by atoms with Crippen LogP contribution in [0.2, 0.25) is 0 Å². The van der Waals surface area contributed by atoms with E-state index in [9.17, 15) is 23.2 Å². The quantitative estimate of drug-likeness (QED) is 0.630. The van der Waals surface area contributed by atoms with Crippen LogP contribution in [-0.4, -0.2) is 88.6 Å². The second-order valence-corrected chi connectivity index (χ2v) is 7.37. The fraction of sp³-hybridized carbons (Fsp3) is 0.550. The van der Waals surface area contributed by atoms with Crippen LogP contribution in [0.25, 0.3) is 0 Å². The standard InChI is InChI=1S/C20H27F2N5O5/c1-3-31-19(29)24-10-14-12-27(20(30)32-14)13-8-15(21)18(16(22)9-13)26-6-4-25(5-7-26)17(28)11-23-2/h8-9,14,23H,3-7,10-12H2,1-2H3,(H,24,29). The van der Waals surface area contributed by atoms with E-state index >= 15 is 0 Å². The highest BCUT2D eigenvalue weighted by Crippen LogP contribution is 2.31. The number of ether oxygens (including phenoxy) is 2. The minimum atomic E-state index is -0.809. The summed E-state index contributed by atoms with van der Waals surface area (Å²) in [5.74, 6) is -1.69. The van der Waals surface area contributed by atoms with Gasteiger partial charge in [0, 0.05) is 38.3 Å². The molecule has 32 heavy (non-hydrogen) atoms. The molecule has 3 rings (SSSR count). The third-order valence-electron chi connectivity index (χ3n) is 5.21. The van der Waals surface area contributed by atoms with E-state index in [1.165, 1.54) is 0 Å². The summed E-state index contributed by atoms with van der Waals surface area (Å²) in [7, 11) is 1.68. The SMILES string of the molecule is CCOC(=O)NCC1CN(c2cc(F)c(N3CCN(C(=O)CNC)CC3)c(F)c2)C(=O)O1. The zero-order valence-corrected chi connectivity index (χ0v) is 18.0. The number of amides is 3. The van der Waals surface area contributed by atoms with Crippen LogP contribution < -0.4 is 20.4 Å². The first kappa shape index (κ1) is 23.5. The molecule has 0 bridgehead atoms. The molecule has 0 radical (unpaired) electrons. The van der Waals surface area contributed by atoms with E-state index in [0.717, 1.165) is 17.0 Å². The minimum absolute atomic E-state index is 0.0146. The largest absolute Gasteiger partial charge is 0.450 e. The Morgan fingerprint density at radius 1 is 1.19 bits per heavy atom. The smallest absolute Gasteiger partial charge is 0.414 e. The molecular formula is C20H27F2N5O5. The summed E-state index contributed by atoms with van der Waals surface area (Å²) in [6.45, 7) is 3.40. The lowest BCUT2D eigenvalue weighted by Gasteiger charge is -2.36. The Morgan fingerprint density at radius 2 is 1.84 bits per heavy atom. The van der Waals surface area contributed by atoms with Crippen LogP contribution in [0.5, 0.6) is 0 Å². The van der Waals surface area contributed by atoms with Gasteiger partial charge in [0.15, 0.2) is 11.6 Å². The van der Waals surface area contributed by atoms with Crippen molar-refractivity contribution in [1.82, 2.24) is 15.5 Å². The van der Waals surface area contributed by atoms with Crippen molar-refractivity contribution in [3.63, 3.8) is 0 Å². The molecule has 10 nitrogen and oxygen atoms in total. The third-order valence-corrected chi connectivity index (χ3v) is 5.21. The summed E-state index contributed by atoms with van der Waals surface area (Å²) in [6, 6.07) is 2.17. The van der Waals surface area contributed by atoms with E-state index in [0.29, 0.717) is 13.1 Å². The van der Waals surface area contributed by atoms with Gasteiger partial charge in [0.2, 0.25) is 5.91 Å². The van der Waals surface area contributed by atoms with Gasteiger partial charge in [-0.1, -0.05) is 0 Å². The number of benzene rings is 1. The van der Waals surface area contributed by atoms with Crippen molar-refractivity contribution < 1.29 is 32.6 Å². The van der Waals surface area contributed by atoms with Crippen LogP contribution in [-0.2, 0) is 14.3 Å². The van der Waals surface area contributed by atoms with Gasteiger partial charge in [-0.15, -0.1) is 0 Å². The molecule has 1 aromatic carbocycles. The van der Waals surface area contributed by atoms with Gasteiger partial charge in [-0.2, -0.15) is 0 Å². The Kier molecular flexibility index (Phi) is 7.67. The number of hydrogen-bond acceptors (Lipinski definition) is 7. The van der Waals surface area contributed by atoms with Crippen LogP contribution >= 0.6 is 0 Å². The minimum Gasteiger partial charge on any atom is -0.450 e. The zero-order chi connectivity index (χ0) is 23.3. The second kappa shape index (κ2) is 10.4. The fourth-order valence-corrected chi connectivity index (χ4v) is 3.67. The molecule has 2 heterocycles. The lowest BCUT2D eigenvalue weighted by molar-refractivity contribution is -0.130. The van der Waals surface area contributed by atoms with Crippen LogP contribution in [0, 0.1) is 11.6 Å². The number of alkyl carbamates (subject to hydrolysis) is 1. The van der Waals surface area contributed by atoms with Gasteiger partial charge in [-0.25, -0.2) is 18.4 Å². The molecule has 2 aliphatic heterocycles. The van der Waals surface area contributed by atoms with E-state index in [2.05, 4.69) is 10.6 Å². The Hall–Kier alpha value is -3.15. The number of hydrogen-bond donors (Lipinski definition) is 2. The summed E-state index contributed by atoms with van der Waals surface area (Å²) >= 11 is 0. The Morgan fingerprint density at radius 3 is 2.44 bits per heavy atom. The molecule has 0 aliphatic carbocycles. The molecule has 2 saturated heterocycles. The van der Waals surface area contributed by atoms with E-state index in [-0.39, 0.29) is 56.6 Å². The third kappa shape index (κ3) is 5.36. The number of nitrogens with one attached hydrogen (secondary N) is 2. The highest BCUT2D eigenvalue weighted by Gasteiger charge is 2.34. The maximum Gasteiger partial charge on any atom is 0.414 e. The first-order valence-electron chi connectivity index (χ1n) is 10.4. The molecule has 2 N–H and O–H groups in total. The fourth-order valence-electron chi connectivity index (χ4n) is 3.67. The number of anilines is 2. The van der Waals surface area contributed by atoms with Gasteiger partial charge in [-0.05, 0) is 14.0 Å².